The Bertz CT molecular complexity index is 718. The van der Waals surface area contributed by atoms with E-state index in [0.29, 0.717) is 11.3 Å². The summed E-state index contributed by atoms with van der Waals surface area (Å²) in [6.07, 6.45) is 1.36. The largest absolute Gasteiger partial charge is 0.288 e. The first-order chi connectivity index (χ1) is 10.1. The van der Waals surface area contributed by atoms with Gasteiger partial charge in [0.25, 0.3) is 11.8 Å². The number of hydrazine groups is 1. The fourth-order valence-corrected chi connectivity index (χ4v) is 2.16. The zero-order valence-electron chi connectivity index (χ0n) is 11.5. The van der Waals surface area contributed by atoms with Gasteiger partial charge in [0, 0.05) is 6.08 Å². The molecule has 2 amide bonds. The van der Waals surface area contributed by atoms with E-state index in [0.717, 1.165) is 16.1 Å². The third kappa shape index (κ3) is 2.56. The number of anilines is 1. The van der Waals surface area contributed by atoms with Gasteiger partial charge in [-0.15, -0.1) is 0 Å². The molecule has 0 unspecified atom stereocenters. The van der Waals surface area contributed by atoms with Crippen LogP contribution >= 0.6 is 0 Å². The lowest BCUT2D eigenvalue weighted by molar-refractivity contribution is -0.134. The number of para-hydroxylation sites is 1. The van der Waals surface area contributed by atoms with Gasteiger partial charge in [0.15, 0.2) is 0 Å². The Balaban J connectivity index is 1.84. The molecule has 0 spiro atoms. The Labute approximate surface area is 122 Å². The molecule has 1 N–H and O–H groups in total. The van der Waals surface area contributed by atoms with Crippen LogP contribution in [0.1, 0.15) is 11.1 Å². The highest BCUT2D eigenvalue weighted by atomic mass is 16.2. The molecule has 4 heteroatoms. The average Bonchev–Trinajstić information content (AvgIpc) is 2.77. The molecule has 0 radical (unpaired) electrons. The first kappa shape index (κ1) is 13.1. The smallest absolute Gasteiger partial charge is 0.280 e. The summed E-state index contributed by atoms with van der Waals surface area (Å²) in [6.45, 7) is 1.98. The van der Waals surface area contributed by atoms with Gasteiger partial charge in [0.1, 0.15) is 0 Å². The Hall–Kier alpha value is -2.88. The monoisotopic (exact) mass is 278 g/mol. The molecule has 3 rings (SSSR count). The highest BCUT2D eigenvalue weighted by Gasteiger charge is 2.32. The first-order valence-electron chi connectivity index (χ1n) is 6.64. The number of aryl methyl sites for hydroxylation is 1. The fourth-order valence-electron chi connectivity index (χ4n) is 2.16. The number of nitrogens with one attached hydrogen (secondary N) is 1. The zero-order chi connectivity index (χ0) is 14.8. The van der Waals surface area contributed by atoms with Gasteiger partial charge in [-0.05, 0) is 24.6 Å². The normalized spacial score (nSPS) is 14.3. The standard InChI is InChI=1S/C17H14N2O2/c1-12-7-9-13(10-8-12)15-11-16(20)19(17(15)21)18-14-5-3-2-4-6-14/h2-11,18H,1H3. The Morgan fingerprint density at radius 2 is 1.57 bits per heavy atom. The lowest BCUT2D eigenvalue weighted by Gasteiger charge is -2.17. The minimum absolute atomic E-state index is 0.340. The molecule has 21 heavy (non-hydrogen) atoms. The quantitative estimate of drug-likeness (QED) is 0.878. The minimum Gasteiger partial charge on any atom is -0.288 e. The van der Waals surface area contributed by atoms with Crippen molar-refractivity contribution < 1.29 is 9.59 Å². The third-order valence-electron chi connectivity index (χ3n) is 3.30. The minimum atomic E-state index is -0.362. The molecular weight excluding hydrogens is 264 g/mol. The highest BCUT2D eigenvalue weighted by Crippen LogP contribution is 2.24. The van der Waals surface area contributed by atoms with Gasteiger partial charge in [-0.25, -0.2) is 0 Å². The lowest BCUT2D eigenvalue weighted by atomic mass is 10.1. The van der Waals surface area contributed by atoms with Crippen molar-refractivity contribution in [2.75, 3.05) is 5.43 Å². The van der Waals surface area contributed by atoms with Crippen LogP contribution in [0.3, 0.4) is 0 Å². The van der Waals surface area contributed by atoms with Crippen LogP contribution in [0.2, 0.25) is 0 Å². The van der Waals surface area contributed by atoms with Gasteiger partial charge in [-0.3, -0.25) is 15.0 Å². The molecule has 0 aliphatic carbocycles. The Morgan fingerprint density at radius 1 is 0.905 bits per heavy atom. The Kier molecular flexibility index (Phi) is 3.28. The second-order valence-electron chi connectivity index (χ2n) is 4.88. The predicted molar refractivity (Wildman–Crippen MR) is 81.1 cm³/mol. The molecule has 0 fully saturated rings. The number of rotatable bonds is 3. The average molecular weight is 278 g/mol. The van der Waals surface area contributed by atoms with E-state index in [4.69, 9.17) is 0 Å². The van der Waals surface area contributed by atoms with Crippen molar-refractivity contribution in [1.29, 1.82) is 0 Å². The molecule has 104 valence electrons. The molecule has 0 atom stereocenters. The maximum Gasteiger partial charge on any atom is 0.280 e. The molecule has 0 bridgehead atoms. The molecule has 1 aliphatic rings. The van der Waals surface area contributed by atoms with Gasteiger partial charge in [-0.2, -0.15) is 5.01 Å². The molecule has 4 nitrogen and oxygen atoms in total. The number of benzene rings is 2. The van der Waals surface area contributed by atoms with E-state index >= 15 is 0 Å². The molecule has 0 saturated carbocycles. The van der Waals surface area contributed by atoms with Crippen molar-refractivity contribution in [2.24, 2.45) is 0 Å². The van der Waals surface area contributed by atoms with Gasteiger partial charge >= 0.3 is 0 Å². The maximum absolute atomic E-state index is 12.4. The highest BCUT2D eigenvalue weighted by molar-refractivity contribution is 6.33. The summed E-state index contributed by atoms with van der Waals surface area (Å²) in [5.74, 6) is -0.702. The molecule has 2 aromatic carbocycles. The van der Waals surface area contributed by atoms with E-state index < -0.39 is 0 Å². The van der Waals surface area contributed by atoms with Crippen LogP contribution in [0.5, 0.6) is 0 Å². The van der Waals surface area contributed by atoms with Crippen LogP contribution in [0.4, 0.5) is 5.69 Å². The number of carbonyl (C=O) groups is 2. The fraction of sp³-hybridized carbons (Fsp3) is 0.0588. The summed E-state index contributed by atoms with van der Waals surface area (Å²) >= 11 is 0. The van der Waals surface area contributed by atoms with Crippen LogP contribution < -0.4 is 5.43 Å². The molecule has 0 aromatic heterocycles. The maximum atomic E-state index is 12.4. The SMILES string of the molecule is Cc1ccc(C2=CC(=O)N(Nc3ccccc3)C2=O)cc1. The third-order valence-corrected chi connectivity index (χ3v) is 3.30. The Morgan fingerprint density at radius 3 is 2.24 bits per heavy atom. The van der Waals surface area contributed by atoms with Crippen molar-refractivity contribution in [1.82, 2.24) is 5.01 Å². The number of carbonyl (C=O) groups excluding carboxylic acids is 2. The molecule has 0 saturated heterocycles. The van der Waals surface area contributed by atoms with Crippen molar-refractivity contribution in [2.45, 2.75) is 6.92 Å². The van der Waals surface area contributed by atoms with Crippen LogP contribution in [0.25, 0.3) is 5.57 Å². The number of hydrogen-bond acceptors (Lipinski definition) is 3. The summed E-state index contributed by atoms with van der Waals surface area (Å²) in [4.78, 5) is 24.4. The van der Waals surface area contributed by atoms with E-state index in [1.165, 1.54) is 6.08 Å². The second-order valence-corrected chi connectivity index (χ2v) is 4.88. The van der Waals surface area contributed by atoms with Gasteiger partial charge < -0.3 is 0 Å². The van der Waals surface area contributed by atoms with E-state index in [2.05, 4.69) is 5.43 Å². The van der Waals surface area contributed by atoms with E-state index in [-0.39, 0.29) is 11.8 Å². The van der Waals surface area contributed by atoms with Crippen molar-refractivity contribution in [3.63, 3.8) is 0 Å². The zero-order valence-corrected chi connectivity index (χ0v) is 11.5. The topological polar surface area (TPSA) is 49.4 Å². The van der Waals surface area contributed by atoms with E-state index in [1.807, 2.05) is 49.4 Å². The van der Waals surface area contributed by atoms with E-state index in [1.54, 1.807) is 12.1 Å². The van der Waals surface area contributed by atoms with Crippen LogP contribution in [0.15, 0.2) is 60.7 Å². The summed E-state index contributed by atoms with van der Waals surface area (Å²) in [5, 5.41) is 1.03. The number of hydrogen-bond donors (Lipinski definition) is 1. The van der Waals surface area contributed by atoms with E-state index in [9.17, 15) is 9.59 Å². The van der Waals surface area contributed by atoms with Crippen molar-refractivity contribution >= 4 is 23.1 Å². The molecule has 1 aliphatic heterocycles. The van der Waals surface area contributed by atoms with Crippen LogP contribution in [-0.2, 0) is 9.59 Å². The molecular formula is C17H14N2O2. The summed E-state index contributed by atoms with van der Waals surface area (Å²) in [6, 6.07) is 16.7. The van der Waals surface area contributed by atoms with Crippen LogP contribution in [0, 0.1) is 6.92 Å². The first-order valence-corrected chi connectivity index (χ1v) is 6.64. The summed E-state index contributed by atoms with van der Waals surface area (Å²) in [7, 11) is 0. The number of imide groups is 1. The molecule has 1 heterocycles. The van der Waals surface area contributed by atoms with Gasteiger partial charge in [0.05, 0.1) is 11.3 Å². The summed E-state index contributed by atoms with van der Waals surface area (Å²) in [5.41, 5.74) is 5.79. The molecule has 2 aromatic rings. The summed E-state index contributed by atoms with van der Waals surface area (Å²) < 4.78 is 0. The van der Waals surface area contributed by atoms with Crippen molar-refractivity contribution in [3.8, 4) is 0 Å². The predicted octanol–water partition coefficient (Wildman–Crippen LogP) is 2.77. The second kappa shape index (κ2) is 5.25. The van der Waals surface area contributed by atoms with Gasteiger partial charge in [-0.1, -0.05) is 48.0 Å². The van der Waals surface area contributed by atoms with Crippen molar-refractivity contribution in [3.05, 3.63) is 71.8 Å². The number of nitrogens with zero attached hydrogens (tertiary/aromatic N) is 1. The van der Waals surface area contributed by atoms with Crippen LogP contribution in [-0.4, -0.2) is 16.8 Å². The van der Waals surface area contributed by atoms with Gasteiger partial charge in [0.2, 0.25) is 0 Å². The number of amides is 2. The lowest BCUT2D eigenvalue weighted by Crippen LogP contribution is -2.36.